The van der Waals surface area contributed by atoms with Crippen LogP contribution >= 0.6 is 23.5 Å². The van der Waals surface area contributed by atoms with Crippen LogP contribution in [0, 0.1) is 0 Å². The Labute approximate surface area is 179 Å². The van der Waals surface area contributed by atoms with Gasteiger partial charge in [-0.1, -0.05) is 0 Å². The van der Waals surface area contributed by atoms with Crippen molar-refractivity contribution in [1.82, 2.24) is 0 Å². The first-order valence-corrected chi connectivity index (χ1v) is 18.5. The molecule has 6 atom stereocenters. The zero-order valence-electron chi connectivity index (χ0n) is 11.6. The van der Waals surface area contributed by atoms with Gasteiger partial charge < -0.3 is 0 Å². The molecule has 0 N–H and O–H groups in total. The van der Waals surface area contributed by atoms with E-state index in [9.17, 15) is 0 Å². The predicted octanol–water partition coefficient (Wildman–Crippen LogP) is 2.99. The minimum absolute atomic E-state index is 0.345. The molecule has 116 valence electrons. The van der Waals surface area contributed by atoms with Crippen molar-refractivity contribution in [3.05, 3.63) is 0 Å². The van der Waals surface area contributed by atoms with E-state index in [1.165, 1.54) is 19.4 Å². The second-order valence-corrected chi connectivity index (χ2v) is 20.6. The van der Waals surface area contributed by atoms with E-state index in [1.807, 2.05) is 0 Å². The van der Waals surface area contributed by atoms with Crippen LogP contribution < -0.4 is 0 Å². The number of hydrogen-bond acceptors (Lipinski definition) is 2. The molecule has 0 nitrogen and oxygen atoms in total. The van der Waals surface area contributed by atoms with Gasteiger partial charge in [0, 0.05) is 0 Å². The molecule has 0 aromatic heterocycles. The van der Waals surface area contributed by atoms with Crippen molar-refractivity contribution in [3.63, 3.8) is 0 Å². The third kappa shape index (κ3) is 7.40. The summed E-state index contributed by atoms with van der Waals surface area (Å²) < 4.78 is 8.19. The fourth-order valence-corrected chi connectivity index (χ4v) is 23.7. The first-order valence-electron chi connectivity index (χ1n) is 7.51. The minimum atomic E-state index is 0.345. The van der Waals surface area contributed by atoms with Gasteiger partial charge >= 0.3 is 182 Å². The molecule has 0 amide bonds. The van der Waals surface area contributed by atoms with E-state index >= 15 is 0 Å². The number of hydrogen-bond donors (Lipinski definition) is 0. The average Bonchev–Trinajstić information content (AvgIpc) is 3.26. The Kier molecular flexibility index (Phi) is 8.88. The number of rotatable bonds is 8. The van der Waals surface area contributed by atoms with Crippen molar-refractivity contribution in [3.8, 4) is 0 Å². The molecule has 0 aromatic rings. The fourth-order valence-electron chi connectivity index (χ4n) is 2.74. The van der Waals surface area contributed by atoms with Crippen LogP contribution in [-0.4, -0.2) is 108 Å². The molecular weight excluding hydrogens is 743 g/mol. The van der Waals surface area contributed by atoms with E-state index < -0.39 is 0 Å². The standard InChI is InChI=1S/C14H24S2Te4/c17-11(1-9-5-15-9)3-13-7-19-8-14(20-13)4-12(18)2-10-6-16-10/h9-14,17-18H,1-8H2. The maximum atomic E-state index is 2.21. The molecule has 3 heterocycles. The molecule has 0 saturated carbocycles. The van der Waals surface area contributed by atoms with Gasteiger partial charge in [-0.3, -0.25) is 0 Å². The summed E-state index contributed by atoms with van der Waals surface area (Å²) in [6, 6.07) is 0. The van der Waals surface area contributed by atoms with Crippen molar-refractivity contribution >= 4 is 110 Å². The monoisotopic (exact) mass is 776 g/mol. The van der Waals surface area contributed by atoms with E-state index in [0.29, 0.717) is 41.8 Å². The van der Waals surface area contributed by atoms with Crippen LogP contribution in [0.1, 0.15) is 25.7 Å². The Balaban J connectivity index is 1.36. The van der Waals surface area contributed by atoms with Gasteiger partial charge in [0.25, 0.3) is 0 Å². The average molecular weight is 767 g/mol. The van der Waals surface area contributed by atoms with Gasteiger partial charge in [-0.05, 0) is 0 Å². The first-order chi connectivity index (χ1) is 9.69. The van der Waals surface area contributed by atoms with Crippen LogP contribution in [0.25, 0.3) is 0 Å². The molecule has 3 fully saturated rings. The van der Waals surface area contributed by atoms with Gasteiger partial charge in [-0.25, -0.2) is 0 Å². The van der Waals surface area contributed by atoms with Gasteiger partial charge in [0.2, 0.25) is 0 Å². The first kappa shape index (κ1) is 18.6. The second-order valence-electron chi connectivity index (χ2n) is 6.08. The number of thioether (sulfide) groups is 2. The molecule has 0 aromatic carbocycles. The van der Waals surface area contributed by atoms with Crippen molar-refractivity contribution in [2.24, 2.45) is 0 Å². The molecule has 3 aliphatic rings. The molecule has 0 radical (unpaired) electrons. The maximum absolute atomic E-state index is 2.21. The molecule has 6 heteroatoms. The van der Waals surface area contributed by atoms with Crippen molar-refractivity contribution in [1.29, 1.82) is 0 Å². The van der Waals surface area contributed by atoms with Gasteiger partial charge in [0.05, 0.1) is 0 Å². The molecule has 0 aliphatic carbocycles. The summed E-state index contributed by atoms with van der Waals surface area (Å²) in [6.07, 6.45) is 6.41. The Morgan fingerprint density at radius 3 is 1.70 bits per heavy atom. The van der Waals surface area contributed by atoms with Crippen molar-refractivity contribution in [2.45, 2.75) is 61.0 Å². The van der Waals surface area contributed by atoms with Crippen molar-refractivity contribution in [2.75, 3.05) is 11.5 Å². The van der Waals surface area contributed by atoms with Gasteiger partial charge in [0.15, 0.2) is 0 Å². The normalized spacial score (nSPS) is 39.3. The third-order valence-electron chi connectivity index (χ3n) is 3.94. The summed E-state index contributed by atoms with van der Waals surface area (Å²) in [4.78, 5) is 0. The molecule has 0 bridgehead atoms. The van der Waals surface area contributed by atoms with E-state index in [-0.39, 0.29) is 0 Å². The van der Waals surface area contributed by atoms with Crippen LogP contribution in [-0.2, 0) is 0 Å². The SMILES string of the molecule is [TeH]C(CC1CS1)CC1C[Te]CC(CC([TeH])CC2CS2)[Te]1. The van der Waals surface area contributed by atoms with Crippen LogP contribution in [0.4, 0.5) is 0 Å². The van der Waals surface area contributed by atoms with Gasteiger partial charge in [-0.2, -0.15) is 0 Å². The molecule has 3 saturated heterocycles. The molecule has 3 rings (SSSR count). The van der Waals surface area contributed by atoms with Crippen LogP contribution in [0.5, 0.6) is 0 Å². The third-order valence-corrected chi connectivity index (χ3v) is 20.3. The van der Waals surface area contributed by atoms with Gasteiger partial charge in [-0.15, -0.1) is 0 Å². The van der Waals surface area contributed by atoms with E-state index in [1.54, 1.807) is 34.6 Å². The Bertz CT molecular complexity index is 282. The van der Waals surface area contributed by atoms with Crippen LogP contribution in [0.2, 0.25) is 24.8 Å². The summed E-state index contributed by atoms with van der Waals surface area (Å²) in [5.74, 6) is 2.96. The molecular formula is C14H24S2Te4. The zero-order valence-corrected chi connectivity index (χ0v) is 23.0. The van der Waals surface area contributed by atoms with Crippen LogP contribution in [0.3, 0.4) is 0 Å². The zero-order chi connectivity index (χ0) is 13.9. The van der Waals surface area contributed by atoms with E-state index in [0.717, 1.165) is 18.4 Å². The van der Waals surface area contributed by atoms with E-state index in [4.69, 9.17) is 0 Å². The quantitative estimate of drug-likeness (QED) is 0.276. The Morgan fingerprint density at radius 2 is 1.30 bits per heavy atom. The van der Waals surface area contributed by atoms with E-state index in [2.05, 4.69) is 68.1 Å². The fraction of sp³-hybridized carbons (Fsp3) is 1.00. The summed E-state index contributed by atoms with van der Waals surface area (Å²) in [7, 11) is 0. The topological polar surface area (TPSA) is 0 Å². The van der Waals surface area contributed by atoms with Crippen LogP contribution in [0.15, 0.2) is 0 Å². The van der Waals surface area contributed by atoms with Gasteiger partial charge in [0.1, 0.15) is 0 Å². The predicted molar refractivity (Wildman–Crippen MR) is 101 cm³/mol. The Morgan fingerprint density at radius 1 is 0.850 bits per heavy atom. The van der Waals surface area contributed by atoms with Crippen molar-refractivity contribution < 1.29 is 0 Å². The Hall–Kier alpha value is 3.86. The molecule has 0 spiro atoms. The second kappa shape index (κ2) is 9.53. The summed E-state index contributed by atoms with van der Waals surface area (Å²) in [5, 5.41) is 2.16. The molecule has 20 heavy (non-hydrogen) atoms. The summed E-state index contributed by atoms with van der Waals surface area (Å²) >= 11 is 9.50. The molecule has 3 aliphatic heterocycles. The summed E-state index contributed by atoms with van der Waals surface area (Å²) in [5.41, 5.74) is 0. The molecule has 6 unspecified atom stereocenters. The summed E-state index contributed by atoms with van der Waals surface area (Å²) in [6.45, 7) is 0.